The lowest BCUT2D eigenvalue weighted by molar-refractivity contribution is -0.130. The topological polar surface area (TPSA) is 46.1 Å². The van der Waals surface area contributed by atoms with Crippen LogP contribution in [0.25, 0.3) is 10.9 Å². The van der Waals surface area contributed by atoms with Gasteiger partial charge in [-0.2, -0.15) is 0 Å². The molecule has 0 saturated heterocycles. The van der Waals surface area contributed by atoms with E-state index in [1.54, 1.807) is 11.8 Å². The molecule has 5 heteroatoms. The van der Waals surface area contributed by atoms with Gasteiger partial charge in [-0.1, -0.05) is 60.3 Å². The van der Waals surface area contributed by atoms with Gasteiger partial charge in [0.2, 0.25) is 5.91 Å². The fourth-order valence-corrected chi connectivity index (χ4v) is 4.59. The number of fused-ring (bicyclic) bond motifs is 1. The van der Waals surface area contributed by atoms with Gasteiger partial charge in [-0.15, -0.1) is 0 Å². The van der Waals surface area contributed by atoms with Crippen molar-refractivity contribution in [3.05, 3.63) is 66.0 Å². The molecule has 1 aliphatic carbocycles. The molecular weight excluding hydrogens is 366 g/mol. The molecule has 0 radical (unpaired) electrons. The first-order chi connectivity index (χ1) is 13.7. The Labute approximate surface area is 170 Å². The Bertz CT molecular complexity index is 968. The minimum absolute atomic E-state index is 0.136. The van der Waals surface area contributed by atoms with Crippen molar-refractivity contribution in [3.63, 3.8) is 0 Å². The van der Waals surface area contributed by atoms with Gasteiger partial charge in [0.1, 0.15) is 16.1 Å². The minimum atomic E-state index is -0.313. The number of aromatic nitrogens is 2. The lowest BCUT2D eigenvalue weighted by Gasteiger charge is -2.25. The summed E-state index contributed by atoms with van der Waals surface area (Å²) < 4.78 is 0. The summed E-state index contributed by atoms with van der Waals surface area (Å²) in [7, 11) is 0. The van der Waals surface area contributed by atoms with Crippen molar-refractivity contribution in [2.24, 2.45) is 0 Å². The van der Waals surface area contributed by atoms with Gasteiger partial charge in [0, 0.05) is 24.4 Å². The number of rotatable bonds is 7. The SMILES string of the molecule is CCN(CC)C(=O)C(Sc1nc(C2CC2)nc2ccccc12)c1ccccc1. The molecule has 1 fully saturated rings. The zero-order chi connectivity index (χ0) is 19.5. The molecule has 28 heavy (non-hydrogen) atoms. The highest BCUT2D eigenvalue weighted by Crippen LogP contribution is 2.42. The maximum atomic E-state index is 13.3. The second-order valence-electron chi connectivity index (χ2n) is 7.10. The predicted molar refractivity (Wildman–Crippen MR) is 114 cm³/mol. The lowest BCUT2D eigenvalue weighted by atomic mass is 10.1. The minimum Gasteiger partial charge on any atom is -0.342 e. The van der Waals surface area contributed by atoms with Crippen LogP contribution >= 0.6 is 11.8 Å². The van der Waals surface area contributed by atoms with Crippen LogP contribution in [0.1, 0.15) is 49.2 Å². The molecule has 1 aliphatic rings. The standard InChI is InChI=1S/C23H25N3OS/c1-3-26(4-2)23(27)20(16-10-6-5-7-11-16)28-22-18-12-8-9-13-19(18)24-21(25-22)17-14-15-17/h5-13,17,20H,3-4,14-15H2,1-2H3. The van der Waals surface area contributed by atoms with Crippen molar-refractivity contribution in [1.29, 1.82) is 0 Å². The smallest absolute Gasteiger partial charge is 0.240 e. The molecule has 1 saturated carbocycles. The second-order valence-corrected chi connectivity index (χ2v) is 8.19. The van der Waals surface area contributed by atoms with E-state index in [2.05, 4.69) is 6.07 Å². The van der Waals surface area contributed by atoms with Crippen molar-refractivity contribution < 1.29 is 4.79 Å². The molecule has 1 amide bonds. The maximum Gasteiger partial charge on any atom is 0.240 e. The van der Waals surface area contributed by atoms with Gasteiger partial charge < -0.3 is 4.90 Å². The highest BCUT2D eigenvalue weighted by Gasteiger charge is 2.30. The lowest BCUT2D eigenvalue weighted by Crippen LogP contribution is -2.33. The highest BCUT2D eigenvalue weighted by atomic mass is 32.2. The Hall–Kier alpha value is -2.40. The van der Waals surface area contributed by atoms with Crippen molar-refractivity contribution in [3.8, 4) is 0 Å². The fraction of sp³-hybridized carbons (Fsp3) is 0.348. The fourth-order valence-electron chi connectivity index (χ4n) is 3.38. The first-order valence-corrected chi connectivity index (χ1v) is 10.9. The molecule has 144 valence electrons. The Morgan fingerprint density at radius 3 is 2.39 bits per heavy atom. The van der Waals surface area contributed by atoms with Gasteiger partial charge in [0.05, 0.1) is 5.52 Å². The molecule has 0 N–H and O–H groups in total. The second kappa shape index (κ2) is 8.31. The van der Waals surface area contributed by atoms with Crippen LogP contribution in [0, 0.1) is 0 Å². The number of carbonyl (C=O) groups is 1. The zero-order valence-electron chi connectivity index (χ0n) is 16.3. The van der Waals surface area contributed by atoms with Gasteiger partial charge in [0.25, 0.3) is 0 Å². The molecule has 1 aromatic heterocycles. The van der Waals surface area contributed by atoms with Crippen molar-refractivity contribution in [2.75, 3.05) is 13.1 Å². The molecule has 0 bridgehead atoms. The van der Waals surface area contributed by atoms with Crippen molar-refractivity contribution in [1.82, 2.24) is 14.9 Å². The van der Waals surface area contributed by atoms with Crippen molar-refractivity contribution >= 4 is 28.6 Å². The number of para-hydroxylation sites is 1. The van der Waals surface area contributed by atoms with Gasteiger partial charge in [0.15, 0.2) is 0 Å². The third-order valence-corrected chi connectivity index (χ3v) is 6.40. The first-order valence-electron chi connectivity index (χ1n) is 9.98. The molecular formula is C23H25N3OS. The Morgan fingerprint density at radius 2 is 1.71 bits per heavy atom. The van der Waals surface area contributed by atoms with E-state index >= 15 is 0 Å². The maximum absolute atomic E-state index is 13.3. The van der Waals surface area contributed by atoms with Gasteiger partial charge >= 0.3 is 0 Å². The number of thioether (sulfide) groups is 1. The third kappa shape index (κ3) is 3.90. The van der Waals surface area contributed by atoms with E-state index in [4.69, 9.17) is 9.97 Å². The molecule has 0 aliphatic heterocycles. The molecule has 4 rings (SSSR count). The van der Waals surface area contributed by atoms with Crippen LogP contribution in [-0.2, 0) is 4.79 Å². The number of carbonyl (C=O) groups excluding carboxylic acids is 1. The van der Waals surface area contributed by atoms with Crippen LogP contribution in [0.4, 0.5) is 0 Å². The number of amides is 1. The highest BCUT2D eigenvalue weighted by molar-refractivity contribution is 8.00. The number of nitrogens with zero attached hydrogens (tertiary/aromatic N) is 3. The molecule has 0 spiro atoms. The molecule has 3 aromatic rings. The summed E-state index contributed by atoms with van der Waals surface area (Å²) in [6.45, 7) is 5.47. The summed E-state index contributed by atoms with van der Waals surface area (Å²) in [6, 6.07) is 18.1. The first kappa shape index (κ1) is 18.9. The number of hydrogen-bond donors (Lipinski definition) is 0. The van der Waals surface area contributed by atoms with Crippen LogP contribution in [0.2, 0.25) is 0 Å². The third-order valence-electron chi connectivity index (χ3n) is 5.16. The molecule has 2 aromatic carbocycles. The average molecular weight is 392 g/mol. The molecule has 1 heterocycles. The summed E-state index contributed by atoms with van der Waals surface area (Å²) in [4.78, 5) is 24.9. The van der Waals surface area contributed by atoms with E-state index in [0.29, 0.717) is 19.0 Å². The van der Waals surface area contributed by atoms with E-state index in [-0.39, 0.29) is 11.2 Å². The van der Waals surface area contributed by atoms with Crippen LogP contribution in [0.5, 0.6) is 0 Å². The molecule has 1 atom stereocenters. The van der Waals surface area contributed by atoms with Gasteiger partial charge in [-0.25, -0.2) is 9.97 Å². The zero-order valence-corrected chi connectivity index (χ0v) is 17.2. The van der Waals surface area contributed by atoms with E-state index in [1.807, 2.05) is 67.3 Å². The molecule has 4 nitrogen and oxygen atoms in total. The summed E-state index contributed by atoms with van der Waals surface area (Å²) in [6.07, 6.45) is 2.31. The largest absolute Gasteiger partial charge is 0.342 e. The number of likely N-dealkylation sites (N-methyl/N-ethyl adjacent to an activating group) is 1. The van der Waals surface area contributed by atoms with Crippen LogP contribution in [0.15, 0.2) is 59.6 Å². The normalized spacial score (nSPS) is 14.8. The Morgan fingerprint density at radius 1 is 1.04 bits per heavy atom. The van der Waals surface area contributed by atoms with Crippen LogP contribution < -0.4 is 0 Å². The van der Waals surface area contributed by atoms with Gasteiger partial charge in [-0.05, 0) is 38.3 Å². The van der Waals surface area contributed by atoms with E-state index in [9.17, 15) is 4.79 Å². The summed E-state index contributed by atoms with van der Waals surface area (Å²) in [5.41, 5.74) is 1.98. The van der Waals surface area contributed by atoms with E-state index < -0.39 is 0 Å². The predicted octanol–water partition coefficient (Wildman–Crippen LogP) is 5.21. The van der Waals surface area contributed by atoms with Crippen molar-refractivity contribution in [2.45, 2.75) is 42.9 Å². The van der Waals surface area contributed by atoms with Gasteiger partial charge in [-0.3, -0.25) is 4.79 Å². The summed E-state index contributed by atoms with van der Waals surface area (Å²) in [5.74, 6) is 1.53. The summed E-state index contributed by atoms with van der Waals surface area (Å²) >= 11 is 1.56. The number of benzene rings is 2. The van der Waals surface area contributed by atoms with E-state index in [0.717, 1.165) is 40.2 Å². The monoisotopic (exact) mass is 391 g/mol. The van der Waals surface area contributed by atoms with Crippen LogP contribution in [-0.4, -0.2) is 33.9 Å². The number of hydrogen-bond acceptors (Lipinski definition) is 4. The van der Waals surface area contributed by atoms with E-state index in [1.165, 1.54) is 0 Å². The Balaban J connectivity index is 1.77. The average Bonchev–Trinajstić information content (AvgIpc) is 3.58. The van der Waals surface area contributed by atoms with Crippen LogP contribution in [0.3, 0.4) is 0 Å². The summed E-state index contributed by atoms with van der Waals surface area (Å²) in [5, 5.41) is 1.61. The Kier molecular flexibility index (Phi) is 5.62. The molecule has 1 unspecified atom stereocenters. The quantitative estimate of drug-likeness (QED) is 0.410.